The van der Waals surface area contributed by atoms with Crippen LogP contribution in [0.2, 0.25) is 5.02 Å². The average molecular weight is 307 g/mol. The van der Waals surface area contributed by atoms with Crippen LogP contribution in [0.25, 0.3) is 0 Å². The van der Waals surface area contributed by atoms with Crippen LogP contribution in [-0.4, -0.2) is 17.9 Å². The molecule has 2 aromatic rings. The quantitative estimate of drug-likeness (QED) is 0.693. The number of amides is 1. The molecule has 6 nitrogen and oxygen atoms in total. The molecule has 2 rings (SSSR count). The number of nitrogens with zero attached hydrogens (tertiary/aromatic N) is 1. The van der Waals surface area contributed by atoms with Gasteiger partial charge in [-0.3, -0.25) is 14.9 Å². The Hall–Kier alpha value is -2.60. The van der Waals surface area contributed by atoms with Gasteiger partial charge in [0.05, 0.1) is 4.92 Å². The van der Waals surface area contributed by atoms with Crippen LogP contribution in [0.1, 0.15) is 10.4 Å². The number of rotatable bonds is 4. The molecule has 0 aliphatic heterocycles. The predicted octanol–water partition coefficient (Wildman–Crippen LogP) is 3.40. The highest BCUT2D eigenvalue weighted by Crippen LogP contribution is 2.33. The van der Waals surface area contributed by atoms with Gasteiger partial charge in [0.15, 0.2) is 0 Å². The lowest BCUT2D eigenvalue weighted by Crippen LogP contribution is -2.17. The smallest absolute Gasteiger partial charge is 0.313 e. The van der Waals surface area contributed by atoms with Crippen molar-refractivity contribution in [2.75, 3.05) is 7.05 Å². The van der Waals surface area contributed by atoms with Crippen LogP contribution in [0, 0.1) is 10.1 Å². The second-order valence-corrected chi connectivity index (χ2v) is 4.51. The van der Waals surface area contributed by atoms with Crippen LogP contribution in [0.3, 0.4) is 0 Å². The predicted molar refractivity (Wildman–Crippen MR) is 78.0 cm³/mol. The van der Waals surface area contributed by atoms with Crippen LogP contribution in [0.4, 0.5) is 5.69 Å². The molecule has 7 heteroatoms. The van der Waals surface area contributed by atoms with Crippen molar-refractivity contribution < 1.29 is 14.5 Å². The Bertz CT molecular complexity index is 686. The first-order valence-electron chi connectivity index (χ1n) is 5.95. The highest BCUT2D eigenvalue weighted by Gasteiger charge is 2.16. The van der Waals surface area contributed by atoms with Crippen molar-refractivity contribution in [1.29, 1.82) is 0 Å². The van der Waals surface area contributed by atoms with E-state index in [0.717, 1.165) is 0 Å². The standard InChI is InChI=1S/C14H11ClN2O4/c1-16-14(18)9-2-5-11(6-3-9)21-13-7-4-10(15)8-12(13)17(19)20/h2-8H,1H3,(H,16,18). The number of hydrogen-bond donors (Lipinski definition) is 1. The lowest BCUT2D eigenvalue weighted by atomic mass is 10.2. The van der Waals surface area contributed by atoms with Crippen molar-refractivity contribution in [3.8, 4) is 11.5 Å². The Morgan fingerprint density at radius 3 is 2.48 bits per heavy atom. The molecule has 2 aromatic carbocycles. The van der Waals surface area contributed by atoms with E-state index in [0.29, 0.717) is 11.3 Å². The zero-order valence-electron chi connectivity index (χ0n) is 11.0. The van der Waals surface area contributed by atoms with Gasteiger partial charge in [-0.25, -0.2) is 0 Å². The van der Waals surface area contributed by atoms with Gasteiger partial charge < -0.3 is 10.1 Å². The molecule has 1 amide bonds. The van der Waals surface area contributed by atoms with E-state index in [2.05, 4.69) is 5.32 Å². The number of benzene rings is 2. The topological polar surface area (TPSA) is 81.5 Å². The minimum atomic E-state index is -0.569. The third-order valence-electron chi connectivity index (χ3n) is 2.69. The molecular formula is C14H11ClN2O4. The van der Waals surface area contributed by atoms with Gasteiger partial charge in [0.25, 0.3) is 5.91 Å². The summed E-state index contributed by atoms with van der Waals surface area (Å²) >= 11 is 5.73. The van der Waals surface area contributed by atoms with Gasteiger partial charge in [-0.15, -0.1) is 0 Å². The molecule has 0 aromatic heterocycles. The van der Waals surface area contributed by atoms with Crippen molar-refractivity contribution in [3.63, 3.8) is 0 Å². The Kier molecular flexibility index (Phi) is 4.39. The minimum Gasteiger partial charge on any atom is -0.450 e. The van der Waals surface area contributed by atoms with Crippen molar-refractivity contribution in [2.45, 2.75) is 0 Å². The molecule has 0 aliphatic rings. The molecule has 21 heavy (non-hydrogen) atoms. The molecular weight excluding hydrogens is 296 g/mol. The second kappa shape index (κ2) is 6.23. The molecule has 0 saturated carbocycles. The first kappa shape index (κ1) is 14.8. The molecule has 0 heterocycles. The maximum atomic E-state index is 11.4. The van der Waals surface area contributed by atoms with Crippen molar-refractivity contribution in [3.05, 3.63) is 63.2 Å². The third kappa shape index (κ3) is 3.49. The lowest BCUT2D eigenvalue weighted by molar-refractivity contribution is -0.385. The van der Waals surface area contributed by atoms with Crippen LogP contribution >= 0.6 is 11.6 Å². The van der Waals surface area contributed by atoms with Gasteiger partial charge in [-0.05, 0) is 36.4 Å². The van der Waals surface area contributed by atoms with E-state index in [1.54, 1.807) is 24.3 Å². The highest BCUT2D eigenvalue weighted by atomic mass is 35.5. The monoisotopic (exact) mass is 306 g/mol. The molecule has 0 spiro atoms. The van der Waals surface area contributed by atoms with E-state index in [1.165, 1.54) is 25.2 Å². The zero-order chi connectivity index (χ0) is 15.4. The van der Waals surface area contributed by atoms with Gasteiger partial charge in [-0.2, -0.15) is 0 Å². The van der Waals surface area contributed by atoms with E-state index < -0.39 is 4.92 Å². The van der Waals surface area contributed by atoms with Gasteiger partial charge in [0.2, 0.25) is 5.75 Å². The molecule has 0 atom stereocenters. The van der Waals surface area contributed by atoms with Crippen molar-refractivity contribution >= 4 is 23.2 Å². The number of carbonyl (C=O) groups excluding carboxylic acids is 1. The molecule has 0 bridgehead atoms. The molecule has 0 aliphatic carbocycles. The van der Waals surface area contributed by atoms with E-state index in [-0.39, 0.29) is 22.4 Å². The lowest BCUT2D eigenvalue weighted by Gasteiger charge is -2.07. The van der Waals surface area contributed by atoms with E-state index in [1.807, 2.05) is 0 Å². The van der Waals surface area contributed by atoms with Crippen LogP contribution in [0.15, 0.2) is 42.5 Å². The first-order chi connectivity index (χ1) is 10.0. The average Bonchev–Trinajstić information content (AvgIpc) is 2.49. The fourth-order valence-electron chi connectivity index (χ4n) is 1.67. The Balaban J connectivity index is 2.26. The summed E-state index contributed by atoms with van der Waals surface area (Å²) in [5.74, 6) is 0.240. The maximum absolute atomic E-state index is 11.4. The van der Waals surface area contributed by atoms with E-state index in [4.69, 9.17) is 16.3 Å². The number of nitro groups is 1. The normalized spacial score (nSPS) is 10.0. The SMILES string of the molecule is CNC(=O)c1ccc(Oc2ccc(Cl)cc2[N+](=O)[O-])cc1. The van der Waals surface area contributed by atoms with Crippen LogP contribution in [-0.2, 0) is 0 Å². The zero-order valence-corrected chi connectivity index (χ0v) is 11.8. The number of nitrogens with one attached hydrogen (secondary N) is 1. The summed E-state index contributed by atoms with van der Waals surface area (Å²) in [6.07, 6.45) is 0. The summed E-state index contributed by atoms with van der Waals surface area (Å²) in [4.78, 5) is 21.8. The first-order valence-corrected chi connectivity index (χ1v) is 6.33. The molecule has 0 radical (unpaired) electrons. The number of halogens is 1. The minimum absolute atomic E-state index is 0.0806. The van der Waals surface area contributed by atoms with Gasteiger partial charge >= 0.3 is 5.69 Å². The van der Waals surface area contributed by atoms with Crippen LogP contribution in [0.5, 0.6) is 11.5 Å². The molecule has 0 fully saturated rings. The van der Waals surface area contributed by atoms with Gasteiger partial charge in [0, 0.05) is 23.7 Å². The molecule has 0 unspecified atom stereocenters. The number of hydrogen-bond acceptors (Lipinski definition) is 4. The van der Waals surface area contributed by atoms with E-state index in [9.17, 15) is 14.9 Å². The van der Waals surface area contributed by atoms with Crippen LogP contribution < -0.4 is 10.1 Å². The summed E-state index contributed by atoms with van der Waals surface area (Å²) in [6, 6.07) is 10.4. The summed E-state index contributed by atoms with van der Waals surface area (Å²) in [5.41, 5.74) is 0.244. The molecule has 0 saturated heterocycles. The number of ether oxygens (including phenoxy) is 1. The number of carbonyl (C=O) groups is 1. The Labute approximate surface area is 125 Å². The van der Waals surface area contributed by atoms with Gasteiger partial charge in [0.1, 0.15) is 5.75 Å². The Morgan fingerprint density at radius 1 is 1.24 bits per heavy atom. The summed E-state index contributed by atoms with van der Waals surface area (Å²) in [7, 11) is 1.53. The molecule has 1 N–H and O–H groups in total. The fourth-order valence-corrected chi connectivity index (χ4v) is 1.83. The van der Waals surface area contributed by atoms with Crippen molar-refractivity contribution in [1.82, 2.24) is 5.32 Å². The fraction of sp³-hybridized carbons (Fsp3) is 0.0714. The second-order valence-electron chi connectivity index (χ2n) is 4.07. The third-order valence-corrected chi connectivity index (χ3v) is 2.92. The largest absolute Gasteiger partial charge is 0.450 e. The molecule has 108 valence electrons. The highest BCUT2D eigenvalue weighted by molar-refractivity contribution is 6.30. The summed E-state index contributed by atoms with van der Waals surface area (Å²) in [6.45, 7) is 0. The number of nitro benzene ring substituents is 1. The summed E-state index contributed by atoms with van der Waals surface area (Å²) in [5, 5.41) is 13.7. The van der Waals surface area contributed by atoms with E-state index >= 15 is 0 Å². The maximum Gasteiger partial charge on any atom is 0.313 e. The summed E-state index contributed by atoms with van der Waals surface area (Å²) < 4.78 is 5.46. The van der Waals surface area contributed by atoms with Gasteiger partial charge in [-0.1, -0.05) is 11.6 Å². The Morgan fingerprint density at radius 2 is 1.90 bits per heavy atom. The van der Waals surface area contributed by atoms with Crippen molar-refractivity contribution in [2.24, 2.45) is 0 Å².